The van der Waals surface area contributed by atoms with Gasteiger partial charge in [-0.1, -0.05) is 30.5 Å². The Labute approximate surface area is 114 Å². The molecule has 2 fully saturated rings. The van der Waals surface area contributed by atoms with Gasteiger partial charge in [-0.05, 0) is 42.9 Å². The summed E-state index contributed by atoms with van der Waals surface area (Å²) in [4.78, 5) is 2.49. The van der Waals surface area contributed by atoms with Gasteiger partial charge in [-0.15, -0.1) is 0 Å². The second-order valence-corrected chi connectivity index (χ2v) is 5.95. The Bertz CT molecular complexity index is 435. The van der Waals surface area contributed by atoms with E-state index < -0.39 is 0 Å². The zero-order valence-corrected chi connectivity index (χ0v) is 11.4. The standard InChI is InChI=1S/C15H20ClNO/c16-13-9-11(10-18)5-6-15(13)17-8-7-12-3-1-2-4-14(12)17/h5-6,9,12,14,18H,1-4,7-8,10H2. The summed E-state index contributed by atoms with van der Waals surface area (Å²) < 4.78 is 0. The van der Waals surface area contributed by atoms with Gasteiger partial charge in [0.25, 0.3) is 0 Å². The SMILES string of the molecule is OCc1ccc(N2CCC3CCCCC32)c(Cl)c1. The van der Waals surface area contributed by atoms with Crippen LogP contribution in [0.2, 0.25) is 5.02 Å². The van der Waals surface area contributed by atoms with Gasteiger partial charge >= 0.3 is 0 Å². The molecule has 1 aromatic carbocycles. The highest BCUT2D eigenvalue weighted by Gasteiger charge is 2.36. The first-order valence-corrected chi connectivity index (χ1v) is 7.33. The number of aliphatic hydroxyl groups excluding tert-OH is 1. The Morgan fingerprint density at radius 2 is 2.06 bits per heavy atom. The van der Waals surface area contributed by atoms with E-state index in [1.165, 1.54) is 32.1 Å². The molecule has 2 unspecified atom stereocenters. The number of hydrogen-bond donors (Lipinski definition) is 1. The first-order valence-electron chi connectivity index (χ1n) is 6.95. The van der Waals surface area contributed by atoms with Crippen LogP contribution in [0, 0.1) is 5.92 Å². The zero-order valence-electron chi connectivity index (χ0n) is 10.6. The molecule has 1 N–H and O–H groups in total. The summed E-state index contributed by atoms with van der Waals surface area (Å²) in [6.45, 7) is 1.19. The van der Waals surface area contributed by atoms with Crippen LogP contribution in [0.1, 0.15) is 37.7 Å². The third-order valence-corrected chi connectivity index (χ3v) is 4.82. The van der Waals surface area contributed by atoms with E-state index >= 15 is 0 Å². The predicted octanol–water partition coefficient (Wildman–Crippen LogP) is 3.60. The lowest BCUT2D eigenvalue weighted by Gasteiger charge is -2.33. The molecule has 1 aliphatic carbocycles. The van der Waals surface area contributed by atoms with Crippen molar-refractivity contribution < 1.29 is 5.11 Å². The molecule has 1 aromatic rings. The third-order valence-electron chi connectivity index (χ3n) is 4.51. The maximum absolute atomic E-state index is 9.13. The van der Waals surface area contributed by atoms with Gasteiger partial charge in [-0.3, -0.25) is 0 Å². The highest BCUT2D eigenvalue weighted by atomic mass is 35.5. The van der Waals surface area contributed by atoms with Crippen LogP contribution in [0.3, 0.4) is 0 Å². The molecule has 1 saturated carbocycles. The summed E-state index contributed by atoms with van der Waals surface area (Å²) in [5.41, 5.74) is 2.05. The normalized spacial score (nSPS) is 27.3. The monoisotopic (exact) mass is 265 g/mol. The lowest BCUT2D eigenvalue weighted by molar-refractivity contribution is 0.282. The van der Waals surface area contributed by atoms with E-state index in [4.69, 9.17) is 16.7 Å². The van der Waals surface area contributed by atoms with Crippen molar-refractivity contribution in [3.63, 3.8) is 0 Å². The third kappa shape index (κ3) is 2.12. The molecule has 1 heterocycles. The van der Waals surface area contributed by atoms with Gasteiger partial charge < -0.3 is 10.0 Å². The van der Waals surface area contributed by atoms with Gasteiger partial charge in [-0.2, -0.15) is 0 Å². The summed E-state index contributed by atoms with van der Waals surface area (Å²) >= 11 is 6.37. The molecule has 0 amide bonds. The second kappa shape index (κ2) is 5.10. The van der Waals surface area contributed by atoms with Gasteiger partial charge in [-0.25, -0.2) is 0 Å². The first-order chi connectivity index (χ1) is 8.79. The molecule has 0 aromatic heterocycles. The first kappa shape index (κ1) is 12.3. The molecule has 1 saturated heterocycles. The molecule has 18 heavy (non-hydrogen) atoms. The molecular formula is C15H20ClNO. The van der Waals surface area contributed by atoms with Crippen molar-refractivity contribution in [3.8, 4) is 0 Å². The van der Waals surface area contributed by atoms with Crippen molar-refractivity contribution in [3.05, 3.63) is 28.8 Å². The molecule has 2 nitrogen and oxygen atoms in total. The number of rotatable bonds is 2. The number of anilines is 1. The molecule has 98 valence electrons. The van der Waals surface area contributed by atoms with Crippen LogP contribution in [0.5, 0.6) is 0 Å². The van der Waals surface area contributed by atoms with E-state index in [-0.39, 0.29) is 6.61 Å². The topological polar surface area (TPSA) is 23.5 Å². The number of benzene rings is 1. The van der Waals surface area contributed by atoms with Crippen LogP contribution in [-0.2, 0) is 6.61 Å². The summed E-state index contributed by atoms with van der Waals surface area (Å²) in [6.07, 6.45) is 6.75. The van der Waals surface area contributed by atoms with Gasteiger partial charge in [0, 0.05) is 12.6 Å². The molecule has 2 aliphatic rings. The molecule has 0 spiro atoms. The number of fused-ring (bicyclic) bond motifs is 1. The Hall–Kier alpha value is -0.730. The largest absolute Gasteiger partial charge is 0.392 e. The molecule has 3 heteroatoms. The fourth-order valence-electron chi connectivity index (χ4n) is 3.59. The second-order valence-electron chi connectivity index (χ2n) is 5.54. The summed E-state index contributed by atoms with van der Waals surface area (Å²) in [7, 11) is 0. The average Bonchev–Trinajstić information content (AvgIpc) is 2.82. The summed E-state index contributed by atoms with van der Waals surface area (Å²) in [6, 6.07) is 6.64. The van der Waals surface area contributed by atoms with Crippen molar-refractivity contribution >= 4 is 17.3 Å². The van der Waals surface area contributed by atoms with Crippen molar-refractivity contribution in [1.82, 2.24) is 0 Å². The fraction of sp³-hybridized carbons (Fsp3) is 0.600. The molecule has 3 rings (SSSR count). The van der Waals surface area contributed by atoms with E-state index in [9.17, 15) is 0 Å². The summed E-state index contributed by atoms with van der Waals surface area (Å²) in [5, 5.41) is 9.92. The fourth-order valence-corrected chi connectivity index (χ4v) is 3.90. The minimum Gasteiger partial charge on any atom is -0.392 e. The number of halogens is 1. The van der Waals surface area contributed by atoms with Crippen LogP contribution in [0.4, 0.5) is 5.69 Å². The van der Waals surface area contributed by atoms with Crippen LogP contribution in [0.25, 0.3) is 0 Å². The van der Waals surface area contributed by atoms with Gasteiger partial charge in [0.1, 0.15) is 0 Å². The zero-order chi connectivity index (χ0) is 12.5. The van der Waals surface area contributed by atoms with Gasteiger partial charge in [0.05, 0.1) is 17.3 Å². The van der Waals surface area contributed by atoms with Crippen molar-refractivity contribution in [2.24, 2.45) is 5.92 Å². The van der Waals surface area contributed by atoms with Crippen LogP contribution >= 0.6 is 11.6 Å². The molecular weight excluding hydrogens is 246 g/mol. The van der Waals surface area contributed by atoms with Crippen LogP contribution < -0.4 is 4.90 Å². The van der Waals surface area contributed by atoms with Gasteiger partial charge in [0.2, 0.25) is 0 Å². The molecule has 0 bridgehead atoms. The van der Waals surface area contributed by atoms with E-state index in [1.54, 1.807) is 0 Å². The Morgan fingerprint density at radius 3 is 2.83 bits per heavy atom. The highest BCUT2D eigenvalue weighted by Crippen LogP contribution is 2.41. The predicted molar refractivity (Wildman–Crippen MR) is 75.1 cm³/mol. The highest BCUT2D eigenvalue weighted by molar-refractivity contribution is 6.33. The minimum absolute atomic E-state index is 0.0616. The lowest BCUT2D eigenvalue weighted by atomic mass is 9.85. The van der Waals surface area contributed by atoms with Crippen molar-refractivity contribution in [2.75, 3.05) is 11.4 Å². The van der Waals surface area contributed by atoms with E-state index in [0.29, 0.717) is 6.04 Å². The lowest BCUT2D eigenvalue weighted by Crippen LogP contribution is -2.34. The smallest absolute Gasteiger partial charge is 0.0682 e. The van der Waals surface area contributed by atoms with Crippen LogP contribution in [0.15, 0.2) is 18.2 Å². The van der Waals surface area contributed by atoms with Gasteiger partial charge in [0.15, 0.2) is 0 Å². The summed E-state index contributed by atoms with van der Waals surface area (Å²) in [5.74, 6) is 0.868. The molecule has 2 atom stereocenters. The molecule has 1 aliphatic heterocycles. The molecule has 0 radical (unpaired) electrons. The maximum atomic E-state index is 9.13. The average molecular weight is 266 g/mol. The van der Waals surface area contributed by atoms with E-state index in [0.717, 1.165) is 28.7 Å². The Balaban J connectivity index is 1.86. The van der Waals surface area contributed by atoms with E-state index in [2.05, 4.69) is 11.0 Å². The van der Waals surface area contributed by atoms with E-state index in [1.807, 2.05) is 12.1 Å². The Kier molecular flexibility index (Phi) is 3.49. The number of aliphatic hydroxyl groups is 1. The van der Waals surface area contributed by atoms with Crippen molar-refractivity contribution in [2.45, 2.75) is 44.8 Å². The number of hydrogen-bond acceptors (Lipinski definition) is 2. The number of nitrogens with zero attached hydrogens (tertiary/aromatic N) is 1. The Morgan fingerprint density at radius 1 is 1.22 bits per heavy atom. The minimum atomic E-state index is 0.0616. The quantitative estimate of drug-likeness (QED) is 0.883. The maximum Gasteiger partial charge on any atom is 0.0682 e. The van der Waals surface area contributed by atoms with Crippen LogP contribution in [-0.4, -0.2) is 17.7 Å². The van der Waals surface area contributed by atoms with Crippen molar-refractivity contribution in [1.29, 1.82) is 0 Å².